The molecule has 5 nitrogen and oxygen atoms in total. The maximum atomic E-state index is 12.6. The lowest BCUT2D eigenvalue weighted by Crippen LogP contribution is -2.41. The predicted octanol–water partition coefficient (Wildman–Crippen LogP) is 1.89. The molecule has 1 heterocycles. The van der Waals surface area contributed by atoms with Gasteiger partial charge in [-0.25, -0.2) is 4.79 Å². The highest BCUT2D eigenvalue weighted by atomic mass is 32.1. The molecule has 1 aliphatic rings. The lowest BCUT2D eigenvalue weighted by atomic mass is 10.1. The molecule has 0 saturated heterocycles. The third-order valence-corrected chi connectivity index (χ3v) is 3.86. The zero-order valence-electron chi connectivity index (χ0n) is 13.0. The fraction of sp³-hybridized carbons (Fsp3) is 0.353. The van der Waals surface area contributed by atoms with Crippen molar-refractivity contribution in [3.8, 4) is 0 Å². The van der Waals surface area contributed by atoms with Gasteiger partial charge in [-0.1, -0.05) is 42.5 Å². The Labute approximate surface area is 141 Å². The number of thiol groups is 1. The summed E-state index contributed by atoms with van der Waals surface area (Å²) in [5.74, 6) is 0.332. The fourth-order valence-corrected chi connectivity index (χ4v) is 2.53. The van der Waals surface area contributed by atoms with Crippen LogP contribution in [0, 0.1) is 0 Å². The van der Waals surface area contributed by atoms with Crippen molar-refractivity contribution in [1.29, 1.82) is 0 Å². The first-order valence-electron chi connectivity index (χ1n) is 7.40. The van der Waals surface area contributed by atoms with Crippen LogP contribution in [0.2, 0.25) is 0 Å². The van der Waals surface area contributed by atoms with Crippen molar-refractivity contribution in [2.75, 3.05) is 19.4 Å². The van der Waals surface area contributed by atoms with E-state index in [1.165, 1.54) is 7.11 Å². The molecule has 0 aliphatic carbocycles. The molecule has 0 aromatic heterocycles. The van der Waals surface area contributed by atoms with Crippen molar-refractivity contribution in [2.45, 2.75) is 18.9 Å². The number of amidine groups is 1. The van der Waals surface area contributed by atoms with Gasteiger partial charge in [0.2, 0.25) is 5.91 Å². The van der Waals surface area contributed by atoms with Crippen LogP contribution in [0.15, 0.2) is 47.5 Å². The highest BCUT2D eigenvalue weighted by molar-refractivity contribution is 7.80. The summed E-state index contributed by atoms with van der Waals surface area (Å²) >= 11 is 4.14. The Morgan fingerprint density at radius 3 is 2.70 bits per heavy atom. The summed E-state index contributed by atoms with van der Waals surface area (Å²) in [6, 6.07) is 8.86. The number of hydrogen-bond donors (Lipinski definition) is 1. The molecule has 1 atom stereocenters. The molecule has 0 unspecified atom stereocenters. The third-order valence-electron chi connectivity index (χ3n) is 3.52. The first-order chi connectivity index (χ1) is 11.2. The molecule has 2 rings (SSSR count). The van der Waals surface area contributed by atoms with Crippen LogP contribution in [0.3, 0.4) is 0 Å². The highest BCUT2D eigenvalue weighted by Gasteiger charge is 2.24. The summed E-state index contributed by atoms with van der Waals surface area (Å²) in [5, 5.41) is 0. The average Bonchev–Trinajstić information content (AvgIpc) is 2.60. The van der Waals surface area contributed by atoms with E-state index in [2.05, 4.69) is 17.6 Å². The zero-order valence-corrected chi connectivity index (χ0v) is 13.9. The zero-order chi connectivity index (χ0) is 16.7. The number of ether oxygens (including phenoxy) is 1. The van der Waals surface area contributed by atoms with E-state index >= 15 is 0 Å². The van der Waals surface area contributed by atoms with Crippen molar-refractivity contribution in [3.63, 3.8) is 0 Å². The van der Waals surface area contributed by atoms with Crippen LogP contribution < -0.4 is 0 Å². The topological polar surface area (TPSA) is 59.0 Å². The summed E-state index contributed by atoms with van der Waals surface area (Å²) in [7, 11) is 1.32. The molecule has 0 N–H and O–H groups in total. The second-order valence-corrected chi connectivity index (χ2v) is 5.47. The van der Waals surface area contributed by atoms with E-state index in [4.69, 9.17) is 4.74 Å². The van der Waals surface area contributed by atoms with E-state index < -0.39 is 12.0 Å². The maximum absolute atomic E-state index is 12.6. The fourth-order valence-electron chi connectivity index (χ4n) is 2.30. The number of esters is 1. The molecule has 6 heteroatoms. The summed E-state index contributed by atoms with van der Waals surface area (Å²) < 4.78 is 4.72. The van der Waals surface area contributed by atoms with Gasteiger partial charge in [0, 0.05) is 18.7 Å². The number of carbonyl (C=O) groups excluding carboxylic acids is 2. The molecule has 122 valence electrons. The molecule has 0 bridgehead atoms. The summed E-state index contributed by atoms with van der Waals surface area (Å²) in [4.78, 5) is 30.3. The molecular formula is C17H20N2O3S. The maximum Gasteiger partial charge on any atom is 0.331 e. The van der Waals surface area contributed by atoms with Gasteiger partial charge < -0.3 is 4.74 Å². The molecule has 0 fully saturated rings. The SMILES string of the molecule is COC(=O)[C@@H](CS)N=C1CC=CCN1C(=O)Cc1ccccc1. The van der Waals surface area contributed by atoms with Crippen molar-refractivity contribution in [2.24, 2.45) is 4.99 Å². The van der Waals surface area contributed by atoms with E-state index in [1.807, 2.05) is 42.5 Å². The van der Waals surface area contributed by atoms with Gasteiger partial charge in [0.15, 0.2) is 6.04 Å². The molecule has 0 saturated carbocycles. The van der Waals surface area contributed by atoms with Gasteiger partial charge in [-0.15, -0.1) is 0 Å². The number of nitrogens with zero attached hydrogens (tertiary/aromatic N) is 2. The van der Waals surface area contributed by atoms with Crippen molar-refractivity contribution >= 4 is 30.3 Å². The average molecular weight is 332 g/mol. The Hall–Kier alpha value is -2.08. The van der Waals surface area contributed by atoms with Crippen molar-refractivity contribution in [3.05, 3.63) is 48.0 Å². The number of aliphatic imine (C=N–C) groups is 1. The number of methoxy groups -OCH3 is 1. The van der Waals surface area contributed by atoms with Gasteiger partial charge >= 0.3 is 5.97 Å². The number of amides is 1. The molecular weight excluding hydrogens is 312 g/mol. The first kappa shape index (κ1) is 17.3. The first-order valence-corrected chi connectivity index (χ1v) is 8.03. The molecule has 23 heavy (non-hydrogen) atoms. The smallest absolute Gasteiger partial charge is 0.331 e. The number of carbonyl (C=O) groups is 2. The standard InChI is InChI=1S/C17H20N2O3S/c1-22-17(21)14(12-23)18-15-9-5-6-10-19(15)16(20)11-13-7-3-2-4-8-13/h2-8,14,23H,9-12H2,1H3/t14-/m1/s1. The Morgan fingerprint density at radius 2 is 2.04 bits per heavy atom. The van der Waals surface area contributed by atoms with Crippen molar-refractivity contribution < 1.29 is 14.3 Å². The predicted molar refractivity (Wildman–Crippen MR) is 92.7 cm³/mol. The van der Waals surface area contributed by atoms with Crippen LogP contribution in [-0.4, -0.2) is 48.1 Å². The van der Waals surface area contributed by atoms with E-state index in [0.29, 0.717) is 25.2 Å². The normalized spacial score (nSPS) is 17.1. The van der Waals surface area contributed by atoms with Crippen LogP contribution >= 0.6 is 12.6 Å². The van der Waals surface area contributed by atoms with Gasteiger partial charge in [-0.05, 0) is 5.56 Å². The Morgan fingerprint density at radius 1 is 1.30 bits per heavy atom. The van der Waals surface area contributed by atoms with Crippen LogP contribution in [0.4, 0.5) is 0 Å². The molecule has 0 spiro atoms. The number of rotatable bonds is 5. The molecule has 0 radical (unpaired) electrons. The summed E-state index contributed by atoms with van der Waals surface area (Å²) in [6.07, 6.45) is 4.69. The van der Waals surface area contributed by atoms with Crippen LogP contribution in [0.5, 0.6) is 0 Å². The Bertz CT molecular complexity index is 614. The van der Waals surface area contributed by atoms with Crippen LogP contribution in [0.25, 0.3) is 0 Å². The second-order valence-electron chi connectivity index (χ2n) is 5.11. The Balaban J connectivity index is 2.16. The lowest BCUT2D eigenvalue weighted by Gasteiger charge is -2.26. The van der Waals surface area contributed by atoms with Crippen molar-refractivity contribution in [1.82, 2.24) is 4.90 Å². The van der Waals surface area contributed by atoms with Crippen LogP contribution in [-0.2, 0) is 20.7 Å². The molecule has 1 aromatic carbocycles. The molecule has 1 aliphatic heterocycles. The minimum Gasteiger partial charge on any atom is -0.467 e. The van der Waals surface area contributed by atoms with E-state index in [9.17, 15) is 9.59 Å². The summed E-state index contributed by atoms with van der Waals surface area (Å²) in [6.45, 7) is 0.463. The lowest BCUT2D eigenvalue weighted by molar-refractivity contribution is -0.141. The highest BCUT2D eigenvalue weighted by Crippen LogP contribution is 2.12. The van der Waals surface area contributed by atoms with Gasteiger partial charge in [0.25, 0.3) is 0 Å². The minimum atomic E-state index is -0.697. The summed E-state index contributed by atoms with van der Waals surface area (Å²) in [5.41, 5.74) is 0.949. The van der Waals surface area contributed by atoms with E-state index in [-0.39, 0.29) is 11.7 Å². The van der Waals surface area contributed by atoms with Gasteiger partial charge in [0.05, 0.1) is 13.5 Å². The Kier molecular flexibility index (Phi) is 6.40. The van der Waals surface area contributed by atoms with Gasteiger partial charge in [0.1, 0.15) is 5.84 Å². The molecule has 1 aromatic rings. The second kappa shape index (κ2) is 8.53. The number of benzene rings is 1. The monoisotopic (exact) mass is 332 g/mol. The van der Waals surface area contributed by atoms with Gasteiger partial charge in [-0.2, -0.15) is 12.6 Å². The van der Waals surface area contributed by atoms with E-state index in [1.54, 1.807) is 4.90 Å². The van der Waals surface area contributed by atoms with Crippen LogP contribution in [0.1, 0.15) is 12.0 Å². The minimum absolute atomic E-state index is 0.0397. The molecule has 1 amide bonds. The largest absolute Gasteiger partial charge is 0.467 e. The van der Waals surface area contributed by atoms with E-state index in [0.717, 1.165) is 5.56 Å². The number of hydrogen-bond acceptors (Lipinski definition) is 5. The quantitative estimate of drug-likeness (QED) is 0.509. The third kappa shape index (κ3) is 4.69. The van der Waals surface area contributed by atoms with Gasteiger partial charge in [-0.3, -0.25) is 14.7 Å².